The first kappa shape index (κ1) is 22.5. The van der Waals surface area contributed by atoms with Crippen LogP contribution in [0.4, 0.5) is 0 Å². The van der Waals surface area contributed by atoms with Crippen LogP contribution in [-0.2, 0) is 21.6 Å². The van der Waals surface area contributed by atoms with E-state index in [-0.39, 0.29) is 105 Å². The van der Waals surface area contributed by atoms with Gasteiger partial charge in [-0.2, -0.15) is 7.82 Å². The second-order valence-electron chi connectivity index (χ2n) is 0.447. The topological polar surface area (TPSA) is 86.2 Å². The zero-order valence-electron chi connectivity index (χ0n) is 4.46. The Morgan fingerprint density at radius 3 is 1.12 bits per heavy atom. The molecule has 8 heavy (non-hydrogen) atoms. The van der Waals surface area contributed by atoms with E-state index < -0.39 is 7.82 Å². The molecule has 0 saturated carbocycles. The van der Waals surface area contributed by atoms with Crippen molar-refractivity contribution in [3.05, 3.63) is 0 Å². The number of hydrogen-bond acceptors (Lipinski definition) is 4. The molecule has 8 heteroatoms. The fourth-order valence-corrected chi connectivity index (χ4v) is 0. The van der Waals surface area contributed by atoms with E-state index in [1.54, 1.807) is 0 Å². The van der Waals surface area contributed by atoms with E-state index in [0.29, 0.717) is 0 Å². The van der Waals surface area contributed by atoms with Crippen molar-refractivity contribution in [3.8, 4) is 0 Å². The van der Waals surface area contributed by atoms with Crippen LogP contribution in [0.3, 0.4) is 0 Å². The maximum Gasteiger partial charge on any atom is 2.00 e. The molecular weight excluding hydrogens is 290 g/mol. The van der Waals surface area contributed by atoms with E-state index in [2.05, 4.69) is 0 Å². The zero-order valence-corrected chi connectivity index (χ0v) is 12.8. The van der Waals surface area contributed by atoms with Crippen molar-refractivity contribution in [2.75, 3.05) is 0 Å². The predicted molar refractivity (Wildman–Crippen MR) is 7.61 cm³/mol. The van der Waals surface area contributed by atoms with Gasteiger partial charge in [-0.1, -0.05) is 0 Å². The molecule has 0 aromatic rings. The van der Waals surface area contributed by atoms with Crippen LogP contribution in [0.15, 0.2) is 0 Å². The number of rotatable bonds is 0. The van der Waals surface area contributed by atoms with Gasteiger partial charge in [0.2, 0.25) is 0 Å². The molecule has 0 saturated heterocycles. The molecule has 0 unspecified atom stereocenters. The molecule has 0 amide bonds. The minimum atomic E-state index is -5.39. The molecule has 37 valence electrons. The second kappa shape index (κ2) is 10.3. The summed E-state index contributed by atoms with van der Waals surface area (Å²) in [6, 6.07) is 0. The Labute approximate surface area is 129 Å². The molecule has 0 heterocycles. The van der Waals surface area contributed by atoms with Crippen LogP contribution in [0.1, 0.15) is 0 Å². The molecule has 0 aliphatic heterocycles. The first-order valence-corrected chi connectivity index (χ1v) is 2.19. The van der Waals surface area contributed by atoms with Gasteiger partial charge in [-0.25, -0.2) is 0 Å². The molecule has 0 aromatic heterocycles. The normalized spacial score (nSPS) is 7.38. The van der Waals surface area contributed by atoms with Gasteiger partial charge < -0.3 is 19.2 Å². The van der Waals surface area contributed by atoms with Gasteiger partial charge in [0.05, 0.1) is 0 Å². The van der Waals surface area contributed by atoms with Crippen LogP contribution < -0.4 is 102 Å². The fraction of sp³-hybridized carbons (Fsp3) is 0. The minimum Gasteiger partial charge on any atom is -0.822 e. The fourth-order valence-electron chi connectivity index (χ4n) is 0. The van der Waals surface area contributed by atoms with Crippen molar-refractivity contribution in [1.82, 2.24) is 0 Å². The van der Waals surface area contributed by atoms with Gasteiger partial charge in [-0.05, 0) is 0 Å². The molecule has 1 radical (unpaired) electrons. The van der Waals surface area contributed by atoms with Crippen molar-refractivity contribution >= 4 is 7.82 Å². The van der Waals surface area contributed by atoms with Crippen LogP contribution in [0.2, 0.25) is 0 Å². The third kappa shape index (κ3) is 59.2. The summed E-state index contributed by atoms with van der Waals surface area (Å²) in [4.78, 5) is 25.6. The molecule has 0 bridgehead atoms. The second-order valence-corrected chi connectivity index (χ2v) is 1.34. The van der Waals surface area contributed by atoms with Gasteiger partial charge in [-0.3, -0.25) is 0 Å². The molecule has 0 N–H and O–H groups in total. The molecular formula is CsLiMnO4P+. The molecule has 0 rings (SSSR count). The van der Waals surface area contributed by atoms with E-state index >= 15 is 0 Å². The van der Waals surface area contributed by atoms with Crippen molar-refractivity contribution < 1.29 is 124 Å². The Morgan fingerprint density at radius 2 is 1.12 bits per heavy atom. The van der Waals surface area contributed by atoms with Crippen LogP contribution in [0, 0.1) is 0 Å². The van der Waals surface area contributed by atoms with Gasteiger partial charge in [0.15, 0.2) is 0 Å². The number of hydrogen-bond donors (Lipinski definition) is 0. The van der Waals surface area contributed by atoms with Crippen molar-refractivity contribution in [1.29, 1.82) is 0 Å². The van der Waals surface area contributed by atoms with Crippen LogP contribution >= 0.6 is 7.82 Å². The van der Waals surface area contributed by atoms with E-state index in [9.17, 15) is 0 Å². The summed E-state index contributed by atoms with van der Waals surface area (Å²) in [5.74, 6) is 0. The number of phosphoric acid groups is 1. The monoisotopic (exact) mass is 290 g/mol. The third-order valence-corrected chi connectivity index (χ3v) is 0. The Balaban J connectivity index is -0.0000000267. The standard InChI is InChI=1S/Cs.Li.Mn.H3O4P/c;;;1-5(2,3)4/h;;;(H3,1,2,3,4)/q2*+1;+2;/p-3. The van der Waals surface area contributed by atoms with Gasteiger partial charge in [-0.15, -0.1) is 0 Å². The molecule has 0 aliphatic rings. The average molecular weight is 290 g/mol. The van der Waals surface area contributed by atoms with Gasteiger partial charge >= 0.3 is 105 Å². The summed E-state index contributed by atoms with van der Waals surface area (Å²) in [5.41, 5.74) is 0. The van der Waals surface area contributed by atoms with Crippen molar-refractivity contribution in [3.63, 3.8) is 0 Å². The van der Waals surface area contributed by atoms with Crippen molar-refractivity contribution in [2.24, 2.45) is 0 Å². The van der Waals surface area contributed by atoms with Crippen molar-refractivity contribution in [2.45, 2.75) is 0 Å². The van der Waals surface area contributed by atoms with Crippen LogP contribution in [-0.4, -0.2) is 0 Å². The van der Waals surface area contributed by atoms with E-state index in [1.807, 2.05) is 0 Å². The summed E-state index contributed by atoms with van der Waals surface area (Å²) in [5, 5.41) is 0. The Bertz CT molecular complexity index is 62.2. The largest absolute Gasteiger partial charge is 2.00 e. The summed E-state index contributed by atoms with van der Waals surface area (Å²) >= 11 is 0. The summed E-state index contributed by atoms with van der Waals surface area (Å²) < 4.78 is 8.55. The quantitative estimate of drug-likeness (QED) is 0.327. The molecule has 4 nitrogen and oxygen atoms in total. The smallest absolute Gasteiger partial charge is 0.822 e. The first-order chi connectivity index (χ1) is 2.00. The average Bonchev–Trinajstić information content (AvgIpc) is 0.722. The van der Waals surface area contributed by atoms with E-state index in [1.165, 1.54) is 0 Å². The van der Waals surface area contributed by atoms with Crippen LogP contribution in [0.25, 0.3) is 0 Å². The molecule has 0 aliphatic carbocycles. The first-order valence-electron chi connectivity index (χ1n) is 0.730. The Hall–Kier alpha value is 3.28. The maximum atomic E-state index is 8.55. The molecule has 0 aromatic carbocycles. The van der Waals surface area contributed by atoms with Gasteiger partial charge in [0, 0.05) is 0 Å². The zero-order chi connectivity index (χ0) is 4.50. The summed E-state index contributed by atoms with van der Waals surface area (Å²) in [6.07, 6.45) is 0. The molecule has 0 atom stereocenters. The van der Waals surface area contributed by atoms with Gasteiger partial charge in [0.25, 0.3) is 0 Å². The van der Waals surface area contributed by atoms with Gasteiger partial charge in [0.1, 0.15) is 0 Å². The summed E-state index contributed by atoms with van der Waals surface area (Å²) in [7, 11) is -5.39. The van der Waals surface area contributed by atoms with E-state index in [4.69, 9.17) is 19.2 Å². The molecule has 0 spiro atoms. The Morgan fingerprint density at radius 1 is 1.12 bits per heavy atom. The predicted octanol–water partition coefficient (Wildman–Crippen LogP) is -8.82. The summed E-state index contributed by atoms with van der Waals surface area (Å²) in [6.45, 7) is 0. The Kier molecular flexibility index (Phi) is 28.9. The third-order valence-electron chi connectivity index (χ3n) is 0. The maximum absolute atomic E-state index is 8.55. The molecule has 0 fully saturated rings. The SMILES string of the molecule is O=P([O-])([O-])[O-].[Cs+].[Li+].[Mn+2]. The minimum absolute atomic E-state index is 0. The van der Waals surface area contributed by atoms with E-state index in [0.717, 1.165) is 0 Å². The van der Waals surface area contributed by atoms with Crippen LogP contribution in [0.5, 0.6) is 0 Å².